The van der Waals surface area contributed by atoms with E-state index in [0.717, 1.165) is 52.2 Å². The number of phenolic OH excluding ortho intramolecular Hbond substituents is 1. The molecule has 0 atom stereocenters. The van der Waals surface area contributed by atoms with Gasteiger partial charge in [-0.15, -0.1) is 0 Å². The van der Waals surface area contributed by atoms with Gasteiger partial charge in [0, 0.05) is 0 Å². The number of hydrogen-bond acceptors (Lipinski definition) is 5. The van der Waals surface area contributed by atoms with Crippen LogP contribution in [0.1, 0.15) is 75.3 Å². The van der Waals surface area contributed by atoms with E-state index in [9.17, 15) is 5.11 Å². The zero-order chi connectivity index (χ0) is 25.2. The van der Waals surface area contributed by atoms with E-state index in [1.165, 1.54) is 38.5 Å². The number of fused-ring (bicyclic) bond motifs is 2. The van der Waals surface area contributed by atoms with Gasteiger partial charge < -0.3 is 0 Å². The molecule has 2 fully saturated rings. The van der Waals surface area contributed by atoms with Crippen LogP contribution in [-0.2, 0) is 3.07 Å². The minimum atomic E-state index is -3.99. The van der Waals surface area contributed by atoms with Gasteiger partial charge in [-0.1, -0.05) is 0 Å². The standard InChI is InChI=1S/C18H13BrN2O3.2C6H11.Sn/c19-14-5-6-16(22)13(7-14)10-20-21-18(24)15-8-11-3-1-2-4-12(11)9-17(15)23;2*1-2-4-6-5-3-1;/h1-10,22-23H,(H,21,24);2*1H,2-6H2;/q;;;+2/p-2/b20-10+;;;. The maximum atomic E-state index is 11.2. The summed E-state index contributed by atoms with van der Waals surface area (Å²) in [7, 11) is 0. The van der Waals surface area contributed by atoms with Crippen molar-refractivity contribution in [1.82, 2.24) is 0 Å². The van der Waals surface area contributed by atoms with Crippen LogP contribution in [0, 0.1) is 0 Å². The van der Waals surface area contributed by atoms with Gasteiger partial charge in [-0.25, -0.2) is 0 Å². The van der Waals surface area contributed by atoms with Crippen molar-refractivity contribution in [2.24, 2.45) is 10.2 Å². The molecule has 1 N–H and O–H groups in total. The molecule has 192 valence electrons. The molecule has 5 nitrogen and oxygen atoms in total. The molecule has 1 heterocycles. The van der Waals surface area contributed by atoms with Crippen LogP contribution in [-0.4, -0.2) is 36.4 Å². The number of phenols is 1. The Labute approximate surface area is 232 Å². The molecule has 0 spiro atoms. The van der Waals surface area contributed by atoms with Crippen molar-refractivity contribution in [2.75, 3.05) is 0 Å². The van der Waals surface area contributed by atoms with Gasteiger partial charge in [0.05, 0.1) is 0 Å². The summed E-state index contributed by atoms with van der Waals surface area (Å²) in [5.41, 5.74) is 1.51. The van der Waals surface area contributed by atoms with E-state index in [4.69, 9.17) is 6.15 Å². The van der Waals surface area contributed by atoms with Crippen molar-refractivity contribution in [2.45, 2.75) is 72.1 Å². The summed E-state index contributed by atoms with van der Waals surface area (Å²) in [6, 6.07) is 18.0. The monoisotopic (exact) mass is 668 g/mol. The van der Waals surface area contributed by atoms with Crippen molar-refractivity contribution in [3.8, 4) is 11.5 Å². The van der Waals surface area contributed by atoms with Gasteiger partial charge in [0.1, 0.15) is 0 Å². The Bertz CT molecular complexity index is 1330. The van der Waals surface area contributed by atoms with E-state index in [2.05, 4.69) is 38.3 Å². The van der Waals surface area contributed by atoms with Gasteiger partial charge in [-0.05, 0) is 0 Å². The topological polar surface area (TPSA) is 63.4 Å². The predicted octanol–water partition coefficient (Wildman–Crippen LogP) is 8.61. The van der Waals surface area contributed by atoms with Gasteiger partial charge in [-0.3, -0.25) is 0 Å². The average Bonchev–Trinajstić information content (AvgIpc) is 3.01. The normalized spacial score (nSPS) is 22.9. The second-order valence-electron chi connectivity index (χ2n) is 10.6. The van der Waals surface area contributed by atoms with Gasteiger partial charge in [0.15, 0.2) is 0 Å². The number of benzene rings is 3. The fourth-order valence-corrected chi connectivity index (χ4v) is 20.4. The molecule has 1 aliphatic heterocycles. The van der Waals surface area contributed by atoms with E-state index < -0.39 is 19.2 Å². The van der Waals surface area contributed by atoms with Gasteiger partial charge in [-0.2, -0.15) is 0 Å². The average molecular weight is 668 g/mol. The summed E-state index contributed by atoms with van der Waals surface area (Å²) in [6.07, 6.45) is 13.8. The van der Waals surface area contributed by atoms with Crippen LogP contribution in [0.25, 0.3) is 10.8 Å². The van der Waals surface area contributed by atoms with E-state index in [1.807, 2.05) is 36.4 Å². The molecular formula is C30H33BrN2O3Sn. The first-order valence-electron chi connectivity index (χ1n) is 13.6. The summed E-state index contributed by atoms with van der Waals surface area (Å²) in [5.74, 6) is 1.44. The summed E-state index contributed by atoms with van der Waals surface area (Å²) >= 11 is -0.374. The van der Waals surface area contributed by atoms with Crippen molar-refractivity contribution in [3.05, 3.63) is 70.2 Å². The third-order valence-corrected chi connectivity index (χ3v) is 21.6. The molecule has 0 amide bonds. The fraction of sp³-hybridized carbons (Fsp3) is 0.400. The molecule has 6 rings (SSSR count). The number of aromatic hydroxyl groups is 1. The van der Waals surface area contributed by atoms with Crippen LogP contribution < -0.4 is 3.07 Å². The molecule has 3 aromatic carbocycles. The van der Waals surface area contributed by atoms with Crippen LogP contribution in [0.3, 0.4) is 0 Å². The third-order valence-electron chi connectivity index (χ3n) is 8.29. The van der Waals surface area contributed by atoms with Gasteiger partial charge >= 0.3 is 233 Å². The molecule has 0 saturated heterocycles. The first-order valence-corrected chi connectivity index (χ1v) is 20.0. The maximum absolute atomic E-state index is 11.2. The molecule has 7 heteroatoms. The SMILES string of the molecule is Oc1cc2ccccc2cc1/C1=N/N=C/c2cc(Br)ccc2[O][Sn]([CH]2CCCCC2)([CH]2CCCCC2)[O]1. The van der Waals surface area contributed by atoms with Crippen LogP contribution in [0.2, 0.25) is 7.87 Å². The van der Waals surface area contributed by atoms with Crippen molar-refractivity contribution in [1.29, 1.82) is 0 Å². The Morgan fingerprint density at radius 1 is 0.784 bits per heavy atom. The summed E-state index contributed by atoms with van der Waals surface area (Å²) in [5, 5.41) is 22.3. The van der Waals surface area contributed by atoms with Crippen molar-refractivity contribution in [3.63, 3.8) is 0 Å². The Kier molecular flexibility index (Phi) is 7.48. The zero-order valence-corrected chi connectivity index (χ0v) is 25.5. The van der Waals surface area contributed by atoms with E-state index in [0.29, 0.717) is 19.3 Å². The molecule has 37 heavy (non-hydrogen) atoms. The first-order chi connectivity index (χ1) is 18.1. The summed E-state index contributed by atoms with van der Waals surface area (Å²) in [4.78, 5) is 0. The Balaban J connectivity index is 1.54. The van der Waals surface area contributed by atoms with Gasteiger partial charge in [0.25, 0.3) is 0 Å². The van der Waals surface area contributed by atoms with Crippen LogP contribution in [0.15, 0.2) is 69.3 Å². The molecule has 0 unspecified atom stereocenters. The van der Waals surface area contributed by atoms with Crippen LogP contribution in [0.5, 0.6) is 11.5 Å². The van der Waals surface area contributed by atoms with Crippen molar-refractivity contribution >= 4 is 58.0 Å². The molecule has 0 aromatic heterocycles. The van der Waals surface area contributed by atoms with E-state index in [1.54, 1.807) is 12.3 Å². The number of hydrogen-bond donors (Lipinski definition) is 1. The summed E-state index contributed by atoms with van der Waals surface area (Å²) < 4.78 is 16.5. The minimum absolute atomic E-state index is 0.166. The Hall–Kier alpha value is -2.06. The molecule has 2 aliphatic carbocycles. The summed E-state index contributed by atoms with van der Waals surface area (Å²) in [6.45, 7) is 0. The quantitative estimate of drug-likeness (QED) is 0.285. The van der Waals surface area contributed by atoms with E-state index in [-0.39, 0.29) is 5.75 Å². The third kappa shape index (κ3) is 5.16. The van der Waals surface area contributed by atoms with E-state index >= 15 is 0 Å². The second-order valence-corrected chi connectivity index (χ2v) is 21.5. The van der Waals surface area contributed by atoms with Crippen LogP contribution in [0.4, 0.5) is 0 Å². The second kappa shape index (κ2) is 11.0. The zero-order valence-electron chi connectivity index (χ0n) is 21.0. The predicted molar refractivity (Wildman–Crippen MR) is 155 cm³/mol. The van der Waals surface area contributed by atoms with Gasteiger partial charge in [0.2, 0.25) is 0 Å². The van der Waals surface area contributed by atoms with Crippen molar-refractivity contribution < 1.29 is 11.3 Å². The molecular weight excluding hydrogens is 635 g/mol. The molecule has 0 bridgehead atoms. The Morgan fingerprint density at radius 2 is 1.43 bits per heavy atom. The molecule has 0 radical (unpaired) electrons. The number of nitrogens with zero attached hydrogens (tertiary/aromatic N) is 2. The first kappa shape index (κ1) is 25.2. The van der Waals surface area contributed by atoms with Crippen LogP contribution >= 0.6 is 15.9 Å². The molecule has 2 saturated carbocycles. The number of rotatable bonds is 3. The molecule has 3 aromatic rings. The fourth-order valence-electron chi connectivity index (χ4n) is 6.41. The number of halogens is 1. The Morgan fingerprint density at radius 3 is 2.11 bits per heavy atom. The molecule has 3 aliphatic rings.